The van der Waals surface area contributed by atoms with Crippen LogP contribution in [0.5, 0.6) is 0 Å². The Morgan fingerprint density at radius 1 is 1.67 bits per heavy atom. The van der Waals surface area contributed by atoms with Crippen molar-refractivity contribution in [2.24, 2.45) is 0 Å². The van der Waals surface area contributed by atoms with Crippen LogP contribution in [-0.2, 0) is 0 Å². The van der Waals surface area contributed by atoms with E-state index in [0.717, 1.165) is 0 Å². The van der Waals surface area contributed by atoms with Crippen LogP contribution in [0.2, 0.25) is 0 Å². The van der Waals surface area contributed by atoms with E-state index >= 15 is 0 Å². The van der Waals surface area contributed by atoms with Crippen LogP contribution in [0.4, 0.5) is 0 Å². The van der Waals surface area contributed by atoms with Crippen LogP contribution in [0, 0.1) is 0 Å². The number of hydrogen-bond acceptors (Lipinski definition) is 1. The van der Waals surface area contributed by atoms with Gasteiger partial charge in [0.25, 0.3) is 0 Å². The molecule has 0 radical (unpaired) electrons. The van der Waals surface area contributed by atoms with Gasteiger partial charge in [0, 0.05) is 0 Å². The number of nitrogens with one attached hydrogen (secondary N) is 1. The van der Waals surface area contributed by atoms with E-state index < -0.39 is 0 Å². The molecule has 6 heavy (non-hydrogen) atoms. The molecule has 0 unspecified atom stereocenters. The quantitative estimate of drug-likeness (QED) is 0.521. The highest BCUT2D eigenvalue weighted by molar-refractivity contribution is 7.54. The first kappa shape index (κ1) is 6.39. The maximum Gasteiger partial charge on any atom is -0.0125 e. The molecule has 0 fully saturated rings. The third-order valence-corrected chi connectivity index (χ3v) is 2.57. The van der Waals surface area contributed by atoms with Crippen molar-refractivity contribution in [2.45, 2.75) is 6.92 Å². The monoisotopic (exact) mass is 105 g/mol. The Morgan fingerprint density at radius 2 is 2.17 bits per heavy atom. The molecule has 0 spiro atoms. The summed E-state index contributed by atoms with van der Waals surface area (Å²) in [5.41, 5.74) is 0. The normalized spacial score (nSPS) is 14.5. The lowest BCUT2D eigenvalue weighted by atomic mass is 11.0. The molecule has 0 aromatic heterocycles. The molecule has 2 heteroatoms. The molecule has 1 N–H and O–H groups in total. The van der Waals surface area contributed by atoms with Gasteiger partial charge in [-0.2, -0.15) is 0 Å². The molecule has 0 aliphatic rings. The molecule has 0 amide bonds. The Labute approximate surface area is 40.9 Å². The van der Waals surface area contributed by atoms with Gasteiger partial charge < -0.3 is 0 Å². The van der Waals surface area contributed by atoms with E-state index in [4.69, 9.17) is 0 Å². The molecule has 0 saturated heterocycles. The van der Waals surface area contributed by atoms with Crippen molar-refractivity contribution >= 4 is 8.07 Å². The minimum Gasteiger partial charge on any atom is -0.299 e. The summed E-state index contributed by atoms with van der Waals surface area (Å²) < 4.78 is 0. The van der Waals surface area contributed by atoms with Crippen LogP contribution in [0.3, 0.4) is 0 Å². The second-order valence-electron chi connectivity index (χ2n) is 1.24. The zero-order valence-electron chi connectivity index (χ0n) is 4.65. The summed E-state index contributed by atoms with van der Waals surface area (Å²) >= 11 is 0. The summed E-state index contributed by atoms with van der Waals surface area (Å²) in [6, 6.07) is 0. The summed E-state index contributed by atoms with van der Waals surface area (Å²) in [6.45, 7) is 4.43. The minimum atomic E-state index is 0.174. The molecule has 38 valence electrons. The molecule has 1 atom stereocenters. The van der Waals surface area contributed by atoms with Gasteiger partial charge >= 0.3 is 0 Å². The standard InChI is InChI=1S/C4H12NP/c1-4-6(3)5-2/h5H,4H2,1-3H3/t6-/m0/s1. The van der Waals surface area contributed by atoms with Crippen molar-refractivity contribution in [1.29, 1.82) is 0 Å². The van der Waals surface area contributed by atoms with Crippen molar-refractivity contribution < 1.29 is 0 Å². The van der Waals surface area contributed by atoms with Gasteiger partial charge in [-0.1, -0.05) is 6.92 Å². The second-order valence-corrected chi connectivity index (χ2v) is 3.71. The van der Waals surface area contributed by atoms with Crippen molar-refractivity contribution in [2.75, 3.05) is 19.9 Å². The highest BCUT2D eigenvalue weighted by Crippen LogP contribution is 2.20. The Morgan fingerprint density at radius 3 is 2.17 bits per heavy atom. The van der Waals surface area contributed by atoms with Crippen LogP contribution in [-0.4, -0.2) is 19.9 Å². The predicted molar refractivity (Wildman–Crippen MR) is 32.4 cm³/mol. The lowest BCUT2D eigenvalue weighted by Crippen LogP contribution is -1.96. The molecule has 1 nitrogen and oxygen atoms in total. The summed E-state index contributed by atoms with van der Waals surface area (Å²) in [5.74, 6) is 0. The fraction of sp³-hybridized carbons (Fsp3) is 1.00. The first-order valence-corrected chi connectivity index (χ1v) is 4.17. The smallest absolute Gasteiger partial charge is 0.0125 e. The van der Waals surface area contributed by atoms with Crippen molar-refractivity contribution in [3.05, 3.63) is 0 Å². The maximum atomic E-state index is 3.18. The zero-order valence-corrected chi connectivity index (χ0v) is 5.55. The van der Waals surface area contributed by atoms with E-state index in [1.807, 2.05) is 7.05 Å². The molecule has 0 rings (SSSR count). The third kappa shape index (κ3) is 2.62. The molecule has 0 aromatic rings. The molecular weight excluding hydrogens is 93.0 g/mol. The zero-order chi connectivity index (χ0) is 4.99. The minimum absolute atomic E-state index is 0.174. The molecule has 0 aliphatic carbocycles. The van der Waals surface area contributed by atoms with E-state index in [1.54, 1.807) is 0 Å². The van der Waals surface area contributed by atoms with Gasteiger partial charge in [0.2, 0.25) is 0 Å². The molecular formula is C4H12NP. The first-order chi connectivity index (χ1) is 2.81. The van der Waals surface area contributed by atoms with E-state index in [0.29, 0.717) is 0 Å². The summed E-state index contributed by atoms with van der Waals surface area (Å²) in [6.07, 6.45) is 1.28. The average molecular weight is 105 g/mol. The second kappa shape index (κ2) is 3.58. The Hall–Kier alpha value is 0.390. The topological polar surface area (TPSA) is 12.0 Å². The maximum absolute atomic E-state index is 3.18. The Kier molecular flexibility index (Phi) is 3.81. The average Bonchev–Trinajstić information content (AvgIpc) is 1.65. The van der Waals surface area contributed by atoms with Crippen molar-refractivity contribution in [3.8, 4) is 0 Å². The summed E-state index contributed by atoms with van der Waals surface area (Å²) in [5, 5.41) is 3.18. The van der Waals surface area contributed by atoms with Gasteiger partial charge in [0.15, 0.2) is 0 Å². The fourth-order valence-electron chi connectivity index (χ4n) is 0.158. The van der Waals surface area contributed by atoms with E-state index in [1.165, 1.54) is 6.16 Å². The van der Waals surface area contributed by atoms with E-state index in [9.17, 15) is 0 Å². The lowest BCUT2D eigenvalue weighted by Gasteiger charge is -2.02. The highest BCUT2D eigenvalue weighted by atomic mass is 31.1. The van der Waals surface area contributed by atoms with Gasteiger partial charge in [-0.15, -0.1) is 0 Å². The molecule has 0 bridgehead atoms. The van der Waals surface area contributed by atoms with Crippen molar-refractivity contribution in [3.63, 3.8) is 0 Å². The van der Waals surface area contributed by atoms with Crippen molar-refractivity contribution in [1.82, 2.24) is 5.09 Å². The Bertz CT molecular complexity index is 26.7. The largest absolute Gasteiger partial charge is 0.299 e. The summed E-state index contributed by atoms with van der Waals surface area (Å²) in [4.78, 5) is 0. The van der Waals surface area contributed by atoms with E-state index in [2.05, 4.69) is 18.7 Å². The van der Waals surface area contributed by atoms with Crippen LogP contribution in [0.15, 0.2) is 0 Å². The van der Waals surface area contributed by atoms with Gasteiger partial charge in [-0.3, -0.25) is 5.09 Å². The first-order valence-electron chi connectivity index (χ1n) is 2.19. The van der Waals surface area contributed by atoms with Crippen LogP contribution in [0.25, 0.3) is 0 Å². The Balaban J connectivity index is 2.75. The molecule has 0 aliphatic heterocycles. The predicted octanol–water partition coefficient (Wildman–Crippen LogP) is 1.25. The van der Waals surface area contributed by atoms with Crippen LogP contribution in [0.1, 0.15) is 6.92 Å². The summed E-state index contributed by atoms with van der Waals surface area (Å²) in [7, 11) is 2.18. The SMILES string of the molecule is CC[P@](C)NC. The van der Waals surface area contributed by atoms with Crippen LogP contribution >= 0.6 is 8.07 Å². The third-order valence-electron chi connectivity index (χ3n) is 0.856. The van der Waals surface area contributed by atoms with Gasteiger partial charge in [-0.05, 0) is 27.9 Å². The number of hydrogen-bond donors (Lipinski definition) is 1. The van der Waals surface area contributed by atoms with Gasteiger partial charge in [0.05, 0.1) is 0 Å². The lowest BCUT2D eigenvalue weighted by molar-refractivity contribution is 1.24. The number of rotatable bonds is 2. The molecule has 0 heterocycles. The van der Waals surface area contributed by atoms with Crippen LogP contribution < -0.4 is 5.09 Å². The molecule has 0 aromatic carbocycles. The van der Waals surface area contributed by atoms with Gasteiger partial charge in [0.1, 0.15) is 0 Å². The van der Waals surface area contributed by atoms with Gasteiger partial charge in [-0.25, -0.2) is 0 Å². The molecule has 0 saturated carbocycles. The van der Waals surface area contributed by atoms with E-state index in [-0.39, 0.29) is 8.07 Å². The highest BCUT2D eigenvalue weighted by Gasteiger charge is 1.85. The fourth-order valence-corrected chi connectivity index (χ4v) is 0.474.